The highest BCUT2D eigenvalue weighted by molar-refractivity contribution is 5.97. The summed E-state index contributed by atoms with van der Waals surface area (Å²) in [5.74, 6) is 0.245. The molecule has 0 aromatic carbocycles. The number of primary amides is 1. The summed E-state index contributed by atoms with van der Waals surface area (Å²) in [5.41, 5.74) is 6.79. The van der Waals surface area contributed by atoms with Crippen molar-refractivity contribution in [2.45, 2.75) is 6.92 Å². The van der Waals surface area contributed by atoms with Gasteiger partial charge in [0.2, 0.25) is 0 Å². The second-order valence-corrected chi connectivity index (χ2v) is 5.20. The third-order valence-electron chi connectivity index (χ3n) is 3.60. The molecule has 0 saturated carbocycles. The third-order valence-corrected chi connectivity index (χ3v) is 3.60. The summed E-state index contributed by atoms with van der Waals surface area (Å²) < 4.78 is 0. The minimum absolute atomic E-state index is 0.429. The van der Waals surface area contributed by atoms with Gasteiger partial charge >= 0.3 is 0 Å². The SMILES string of the molecule is Cc1ccc(C(N)=O)c(N(C)CCN2CCNCC2)n1. The number of carbonyl (C=O) groups is 1. The van der Waals surface area contributed by atoms with Crippen molar-refractivity contribution in [1.82, 2.24) is 15.2 Å². The van der Waals surface area contributed by atoms with Gasteiger partial charge in [-0.3, -0.25) is 9.69 Å². The highest BCUT2D eigenvalue weighted by Gasteiger charge is 2.15. The molecule has 110 valence electrons. The number of likely N-dealkylation sites (N-methyl/N-ethyl adjacent to an activating group) is 1. The molecule has 1 amide bonds. The second kappa shape index (κ2) is 6.67. The Morgan fingerprint density at radius 1 is 1.45 bits per heavy atom. The van der Waals surface area contributed by atoms with Crippen LogP contribution in [0.2, 0.25) is 0 Å². The fourth-order valence-corrected chi connectivity index (χ4v) is 2.36. The van der Waals surface area contributed by atoms with E-state index in [-0.39, 0.29) is 0 Å². The van der Waals surface area contributed by atoms with Crippen LogP contribution < -0.4 is 16.0 Å². The number of aromatic nitrogens is 1. The number of aryl methyl sites for hydroxylation is 1. The van der Waals surface area contributed by atoms with Gasteiger partial charge in [-0.2, -0.15) is 0 Å². The standard InChI is InChI=1S/C14H23N5O/c1-11-3-4-12(13(15)20)14(17-11)18(2)9-10-19-7-5-16-6-8-19/h3-4,16H,5-10H2,1-2H3,(H2,15,20). The molecule has 2 heterocycles. The topological polar surface area (TPSA) is 74.5 Å². The van der Waals surface area contributed by atoms with Crippen molar-refractivity contribution in [3.8, 4) is 0 Å². The molecule has 1 aromatic heterocycles. The zero-order chi connectivity index (χ0) is 14.5. The number of hydrogen-bond donors (Lipinski definition) is 2. The number of amides is 1. The summed E-state index contributed by atoms with van der Waals surface area (Å²) in [6.07, 6.45) is 0. The number of anilines is 1. The van der Waals surface area contributed by atoms with Crippen molar-refractivity contribution in [2.75, 3.05) is 51.2 Å². The van der Waals surface area contributed by atoms with Crippen molar-refractivity contribution >= 4 is 11.7 Å². The quantitative estimate of drug-likeness (QED) is 0.781. The molecule has 1 aromatic rings. The summed E-state index contributed by atoms with van der Waals surface area (Å²) in [6.45, 7) is 7.93. The molecule has 6 heteroatoms. The van der Waals surface area contributed by atoms with Crippen LogP contribution in [0.3, 0.4) is 0 Å². The van der Waals surface area contributed by atoms with Crippen LogP contribution >= 0.6 is 0 Å². The van der Waals surface area contributed by atoms with E-state index >= 15 is 0 Å². The molecule has 0 radical (unpaired) electrons. The van der Waals surface area contributed by atoms with Crippen molar-refractivity contribution in [1.29, 1.82) is 0 Å². The molecule has 0 unspecified atom stereocenters. The van der Waals surface area contributed by atoms with Crippen molar-refractivity contribution in [3.63, 3.8) is 0 Å². The Kier molecular flexibility index (Phi) is 4.92. The molecule has 0 spiro atoms. The van der Waals surface area contributed by atoms with E-state index in [0.29, 0.717) is 11.4 Å². The summed E-state index contributed by atoms with van der Waals surface area (Å²) in [4.78, 5) is 20.4. The molecule has 1 aliphatic heterocycles. The minimum Gasteiger partial charge on any atom is -0.365 e. The largest absolute Gasteiger partial charge is 0.365 e. The first kappa shape index (κ1) is 14.7. The van der Waals surface area contributed by atoms with E-state index in [2.05, 4.69) is 15.2 Å². The zero-order valence-corrected chi connectivity index (χ0v) is 12.2. The van der Waals surface area contributed by atoms with E-state index in [1.807, 2.05) is 24.9 Å². The minimum atomic E-state index is -0.429. The number of rotatable bonds is 5. The predicted octanol–water partition coefficient (Wildman–Crippen LogP) is -0.170. The lowest BCUT2D eigenvalue weighted by atomic mass is 10.2. The smallest absolute Gasteiger partial charge is 0.252 e. The molecule has 1 saturated heterocycles. The maximum Gasteiger partial charge on any atom is 0.252 e. The first-order valence-corrected chi connectivity index (χ1v) is 6.99. The highest BCUT2D eigenvalue weighted by Crippen LogP contribution is 2.16. The molecule has 0 atom stereocenters. The van der Waals surface area contributed by atoms with Gasteiger partial charge in [0.15, 0.2) is 0 Å². The molecule has 2 rings (SSSR count). The van der Waals surface area contributed by atoms with E-state index in [9.17, 15) is 4.79 Å². The van der Waals surface area contributed by atoms with E-state index in [1.54, 1.807) is 6.07 Å². The second-order valence-electron chi connectivity index (χ2n) is 5.20. The van der Waals surface area contributed by atoms with Gasteiger partial charge in [0.1, 0.15) is 5.82 Å². The first-order valence-electron chi connectivity index (χ1n) is 6.99. The third kappa shape index (κ3) is 3.68. The summed E-state index contributed by atoms with van der Waals surface area (Å²) in [6, 6.07) is 3.56. The molecule has 0 aliphatic carbocycles. The van der Waals surface area contributed by atoms with Crippen molar-refractivity contribution in [2.24, 2.45) is 5.73 Å². The van der Waals surface area contributed by atoms with Crippen LogP contribution in [0.1, 0.15) is 16.1 Å². The Morgan fingerprint density at radius 3 is 2.80 bits per heavy atom. The van der Waals surface area contributed by atoms with Gasteiger partial charge < -0.3 is 16.0 Å². The zero-order valence-electron chi connectivity index (χ0n) is 12.2. The normalized spacial score (nSPS) is 16.1. The van der Waals surface area contributed by atoms with Gasteiger partial charge in [0, 0.05) is 52.0 Å². The number of nitrogens with two attached hydrogens (primary N) is 1. The maximum atomic E-state index is 11.5. The number of carbonyl (C=O) groups excluding carboxylic acids is 1. The lowest BCUT2D eigenvalue weighted by Crippen LogP contribution is -2.46. The van der Waals surface area contributed by atoms with Gasteiger partial charge in [0.25, 0.3) is 5.91 Å². The Labute approximate surface area is 120 Å². The van der Waals surface area contributed by atoms with E-state index in [4.69, 9.17) is 5.73 Å². The molecule has 1 fully saturated rings. The molecule has 3 N–H and O–H groups in total. The Balaban J connectivity index is 2.02. The highest BCUT2D eigenvalue weighted by atomic mass is 16.1. The average molecular weight is 277 g/mol. The van der Waals surface area contributed by atoms with E-state index in [0.717, 1.165) is 45.0 Å². The molecule has 20 heavy (non-hydrogen) atoms. The Bertz CT molecular complexity index is 471. The predicted molar refractivity (Wildman–Crippen MR) is 80.1 cm³/mol. The van der Waals surface area contributed by atoms with Crippen molar-refractivity contribution in [3.05, 3.63) is 23.4 Å². The first-order chi connectivity index (χ1) is 9.58. The molecule has 0 bridgehead atoms. The van der Waals surface area contributed by atoms with Crippen LogP contribution in [-0.2, 0) is 0 Å². The van der Waals surface area contributed by atoms with Crippen LogP contribution in [0, 0.1) is 6.92 Å². The summed E-state index contributed by atoms with van der Waals surface area (Å²) in [7, 11) is 1.95. The number of pyridine rings is 1. The Morgan fingerprint density at radius 2 is 2.15 bits per heavy atom. The lowest BCUT2D eigenvalue weighted by molar-refractivity contribution is 0.100. The number of hydrogen-bond acceptors (Lipinski definition) is 5. The fraction of sp³-hybridized carbons (Fsp3) is 0.571. The summed E-state index contributed by atoms with van der Waals surface area (Å²) in [5, 5.41) is 3.34. The van der Waals surface area contributed by atoms with Gasteiger partial charge in [-0.25, -0.2) is 4.98 Å². The van der Waals surface area contributed by atoms with Crippen LogP contribution in [0.25, 0.3) is 0 Å². The maximum absolute atomic E-state index is 11.5. The number of nitrogens with one attached hydrogen (secondary N) is 1. The number of nitrogens with zero attached hydrogens (tertiary/aromatic N) is 3. The van der Waals surface area contributed by atoms with Gasteiger partial charge in [-0.1, -0.05) is 0 Å². The van der Waals surface area contributed by atoms with Gasteiger partial charge in [-0.05, 0) is 19.1 Å². The van der Waals surface area contributed by atoms with Crippen LogP contribution in [0.15, 0.2) is 12.1 Å². The molecular formula is C14H23N5O. The van der Waals surface area contributed by atoms with Crippen LogP contribution in [-0.4, -0.2) is 62.1 Å². The monoisotopic (exact) mass is 277 g/mol. The molecular weight excluding hydrogens is 254 g/mol. The molecule has 6 nitrogen and oxygen atoms in total. The fourth-order valence-electron chi connectivity index (χ4n) is 2.36. The van der Waals surface area contributed by atoms with Gasteiger partial charge in [-0.15, -0.1) is 0 Å². The van der Waals surface area contributed by atoms with E-state index in [1.165, 1.54) is 0 Å². The summed E-state index contributed by atoms with van der Waals surface area (Å²) >= 11 is 0. The van der Waals surface area contributed by atoms with Crippen LogP contribution in [0.5, 0.6) is 0 Å². The lowest BCUT2D eigenvalue weighted by Gasteiger charge is -2.29. The Hall–Kier alpha value is -1.66. The number of piperazine rings is 1. The average Bonchev–Trinajstić information content (AvgIpc) is 2.45. The van der Waals surface area contributed by atoms with E-state index < -0.39 is 5.91 Å². The van der Waals surface area contributed by atoms with Crippen molar-refractivity contribution < 1.29 is 4.79 Å². The van der Waals surface area contributed by atoms with Crippen LogP contribution in [0.4, 0.5) is 5.82 Å². The van der Waals surface area contributed by atoms with Gasteiger partial charge in [0.05, 0.1) is 5.56 Å². The molecule has 1 aliphatic rings.